The number of unbranched alkanes of at least 4 members (excludes halogenated alkanes) is 1. The Morgan fingerprint density at radius 1 is 0.875 bits per heavy atom. The molecule has 7 nitrogen and oxygen atoms in total. The van der Waals surface area contributed by atoms with E-state index in [-0.39, 0.29) is 31.3 Å². The molecule has 1 unspecified atom stereocenters. The highest BCUT2D eigenvalue weighted by molar-refractivity contribution is 7.92. The van der Waals surface area contributed by atoms with Gasteiger partial charge in [0.15, 0.2) is 0 Å². The smallest absolute Gasteiger partial charge is 0.243 e. The highest BCUT2D eigenvalue weighted by Gasteiger charge is 2.30. The summed E-state index contributed by atoms with van der Waals surface area (Å²) >= 11 is 6.09. The normalized spacial score (nSPS) is 12.0. The van der Waals surface area contributed by atoms with Crippen molar-refractivity contribution in [1.29, 1.82) is 0 Å². The molecule has 1 N–H and O–H groups in total. The molecule has 3 rings (SSSR count). The fourth-order valence-electron chi connectivity index (χ4n) is 4.44. The van der Waals surface area contributed by atoms with E-state index in [0.29, 0.717) is 30.1 Å². The van der Waals surface area contributed by atoms with E-state index in [1.165, 1.54) is 4.31 Å². The minimum Gasteiger partial charge on any atom is -0.354 e. The molecule has 0 saturated heterocycles. The van der Waals surface area contributed by atoms with Gasteiger partial charge < -0.3 is 10.2 Å². The number of sulfonamides is 1. The minimum atomic E-state index is -3.54. The summed E-state index contributed by atoms with van der Waals surface area (Å²) in [6.45, 7) is 2.96. The molecule has 214 valence electrons. The van der Waals surface area contributed by atoms with Crippen molar-refractivity contribution in [2.24, 2.45) is 0 Å². The fraction of sp³-hybridized carbons (Fsp3) is 0.355. The van der Waals surface area contributed by atoms with Crippen molar-refractivity contribution in [3.63, 3.8) is 0 Å². The zero-order valence-corrected chi connectivity index (χ0v) is 24.7. The number of benzene rings is 3. The zero-order valence-electron chi connectivity index (χ0n) is 23.1. The number of carbonyl (C=O) groups excluding carboxylic acids is 2. The Balaban J connectivity index is 1.85. The Morgan fingerprint density at radius 3 is 2.10 bits per heavy atom. The van der Waals surface area contributed by atoms with Crippen molar-refractivity contribution in [2.75, 3.05) is 23.7 Å². The maximum atomic E-state index is 13.8. The lowest BCUT2D eigenvalue weighted by atomic mass is 10.0. The molecule has 40 heavy (non-hydrogen) atoms. The molecule has 0 spiro atoms. The Kier molecular flexibility index (Phi) is 12.0. The van der Waals surface area contributed by atoms with Crippen molar-refractivity contribution in [1.82, 2.24) is 10.2 Å². The van der Waals surface area contributed by atoms with Crippen LogP contribution in [0.1, 0.15) is 43.7 Å². The summed E-state index contributed by atoms with van der Waals surface area (Å²) < 4.78 is 26.3. The average molecular weight is 584 g/mol. The third-order valence-corrected chi connectivity index (χ3v) is 8.01. The molecule has 3 aromatic rings. The van der Waals surface area contributed by atoms with Crippen LogP contribution in [0.25, 0.3) is 0 Å². The first-order valence-corrected chi connectivity index (χ1v) is 15.8. The second-order valence-corrected chi connectivity index (χ2v) is 12.1. The van der Waals surface area contributed by atoms with Crippen LogP contribution in [-0.2, 0) is 32.6 Å². The molecule has 0 fully saturated rings. The van der Waals surface area contributed by atoms with Crippen LogP contribution in [0.2, 0.25) is 5.02 Å². The van der Waals surface area contributed by atoms with Crippen LogP contribution in [0, 0.1) is 0 Å². The number of halogens is 1. The van der Waals surface area contributed by atoms with Crippen molar-refractivity contribution < 1.29 is 18.0 Å². The predicted molar refractivity (Wildman–Crippen MR) is 162 cm³/mol. The van der Waals surface area contributed by atoms with Gasteiger partial charge in [0.25, 0.3) is 0 Å². The minimum absolute atomic E-state index is 0.0833. The molecule has 0 bridgehead atoms. The van der Waals surface area contributed by atoms with E-state index in [0.717, 1.165) is 30.2 Å². The first-order chi connectivity index (χ1) is 19.2. The van der Waals surface area contributed by atoms with Crippen LogP contribution in [0.5, 0.6) is 0 Å². The lowest BCUT2D eigenvalue weighted by Crippen LogP contribution is -2.50. The largest absolute Gasteiger partial charge is 0.354 e. The summed E-state index contributed by atoms with van der Waals surface area (Å²) in [5.41, 5.74) is 2.34. The molecule has 9 heteroatoms. The van der Waals surface area contributed by atoms with E-state index in [2.05, 4.69) is 12.2 Å². The summed E-state index contributed by atoms with van der Waals surface area (Å²) in [6, 6.07) is 24.9. The summed E-state index contributed by atoms with van der Waals surface area (Å²) in [6.07, 6.45) is 3.68. The third-order valence-electron chi connectivity index (χ3n) is 6.56. The quantitative estimate of drug-likeness (QED) is 0.241. The molecular weight excluding hydrogens is 546 g/mol. The fourth-order valence-corrected chi connectivity index (χ4v) is 5.54. The highest BCUT2D eigenvalue weighted by atomic mass is 35.5. The molecule has 3 aromatic carbocycles. The second kappa shape index (κ2) is 15.4. The number of nitrogens with one attached hydrogen (secondary N) is 1. The van der Waals surface area contributed by atoms with Gasteiger partial charge in [-0.1, -0.05) is 85.6 Å². The number of hydrogen-bond acceptors (Lipinski definition) is 4. The molecule has 1 atom stereocenters. The van der Waals surface area contributed by atoms with Gasteiger partial charge in [-0.15, -0.1) is 0 Å². The predicted octanol–water partition coefficient (Wildman–Crippen LogP) is 5.44. The number of para-hydroxylation sites is 1. The average Bonchev–Trinajstić information content (AvgIpc) is 2.94. The molecule has 0 heterocycles. The van der Waals surface area contributed by atoms with Crippen LogP contribution in [0.15, 0.2) is 84.9 Å². The van der Waals surface area contributed by atoms with Crippen LogP contribution in [0.3, 0.4) is 0 Å². The number of carbonyl (C=O) groups is 2. The van der Waals surface area contributed by atoms with E-state index < -0.39 is 16.1 Å². The standard InChI is InChI=1S/C31H38ClN3O4S/c1-3-4-21-33-31(37)29(23-25-12-7-5-8-13-25)34(24-26-17-19-27(32)20-18-26)30(36)16-11-22-35(40(2,38)39)28-14-9-6-10-15-28/h5-10,12-15,17-20,29H,3-4,11,16,21-24H2,1-2H3,(H,33,37). The van der Waals surface area contributed by atoms with Crippen LogP contribution >= 0.6 is 11.6 Å². The zero-order chi connectivity index (χ0) is 29.0. The van der Waals surface area contributed by atoms with Gasteiger partial charge in [0.2, 0.25) is 21.8 Å². The summed E-state index contributed by atoms with van der Waals surface area (Å²) in [5, 5.41) is 3.59. The van der Waals surface area contributed by atoms with Gasteiger partial charge in [-0.05, 0) is 48.2 Å². The van der Waals surface area contributed by atoms with Gasteiger partial charge in [0, 0.05) is 37.5 Å². The molecule has 2 amide bonds. The van der Waals surface area contributed by atoms with Crippen LogP contribution < -0.4 is 9.62 Å². The molecular formula is C31H38ClN3O4S. The van der Waals surface area contributed by atoms with Crippen molar-refractivity contribution in [2.45, 2.75) is 51.6 Å². The van der Waals surface area contributed by atoms with Gasteiger partial charge >= 0.3 is 0 Å². The van der Waals surface area contributed by atoms with E-state index in [1.807, 2.05) is 48.5 Å². The summed E-state index contributed by atoms with van der Waals surface area (Å²) in [7, 11) is -3.54. The summed E-state index contributed by atoms with van der Waals surface area (Å²) in [5.74, 6) is -0.426. The number of hydrogen-bond donors (Lipinski definition) is 1. The lowest BCUT2D eigenvalue weighted by Gasteiger charge is -2.32. The SMILES string of the molecule is CCCCNC(=O)C(Cc1ccccc1)N(Cc1ccc(Cl)cc1)C(=O)CCCN(c1ccccc1)S(C)(=O)=O. The van der Waals surface area contributed by atoms with Gasteiger partial charge in [-0.25, -0.2) is 8.42 Å². The highest BCUT2D eigenvalue weighted by Crippen LogP contribution is 2.20. The van der Waals surface area contributed by atoms with Crippen molar-refractivity contribution in [3.05, 3.63) is 101 Å². The van der Waals surface area contributed by atoms with E-state index in [1.54, 1.807) is 41.3 Å². The van der Waals surface area contributed by atoms with E-state index in [9.17, 15) is 18.0 Å². The van der Waals surface area contributed by atoms with Crippen molar-refractivity contribution >= 4 is 39.1 Å². The first-order valence-electron chi connectivity index (χ1n) is 13.6. The lowest BCUT2D eigenvalue weighted by molar-refractivity contribution is -0.141. The van der Waals surface area contributed by atoms with Gasteiger partial charge in [0.1, 0.15) is 6.04 Å². The summed E-state index contributed by atoms with van der Waals surface area (Å²) in [4.78, 5) is 28.9. The van der Waals surface area contributed by atoms with Gasteiger partial charge in [-0.2, -0.15) is 0 Å². The van der Waals surface area contributed by atoms with E-state index in [4.69, 9.17) is 11.6 Å². The first kappa shape index (κ1) is 31.2. The van der Waals surface area contributed by atoms with Gasteiger partial charge in [0.05, 0.1) is 11.9 Å². The number of amides is 2. The van der Waals surface area contributed by atoms with Gasteiger partial charge in [-0.3, -0.25) is 13.9 Å². The monoisotopic (exact) mass is 583 g/mol. The number of rotatable bonds is 15. The number of nitrogens with zero attached hydrogens (tertiary/aromatic N) is 2. The topological polar surface area (TPSA) is 86.8 Å². The maximum absolute atomic E-state index is 13.8. The van der Waals surface area contributed by atoms with Crippen LogP contribution in [-0.4, -0.2) is 50.5 Å². The Bertz CT molecular complexity index is 1320. The molecule has 0 aromatic heterocycles. The third kappa shape index (κ3) is 9.68. The molecule has 0 saturated carbocycles. The van der Waals surface area contributed by atoms with Crippen molar-refractivity contribution in [3.8, 4) is 0 Å². The maximum Gasteiger partial charge on any atom is 0.243 e. The Morgan fingerprint density at radius 2 is 1.50 bits per heavy atom. The van der Waals surface area contributed by atoms with Crippen LogP contribution in [0.4, 0.5) is 5.69 Å². The Labute approximate surface area is 243 Å². The molecule has 0 aliphatic carbocycles. The molecule has 0 radical (unpaired) electrons. The Hall–Kier alpha value is -3.36. The molecule has 0 aliphatic rings. The molecule has 0 aliphatic heterocycles. The number of anilines is 1. The van der Waals surface area contributed by atoms with E-state index >= 15 is 0 Å². The second-order valence-electron chi connectivity index (χ2n) is 9.77.